The zero-order chi connectivity index (χ0) is 14.2. The third kappa shape index (κ3) is 8.03. The predicted molar refractivity (Wildman–Crippen MR) is 68.2 cm³/mol. The Balaban J connectivity index is 4.05. The minimum atomic E-state index is -1.05. The van der Waals surface area contributed by atoms with E-state index in [2.05, 4.69) is 10.6 Å². The Morgan fingerprint density at radius 3 is 2.39 bits per heavy atom. The fraction of sp³-hybridized carbons (Fsp3) is 0.833. The molecule has 0 aliphatic rings. The number of carboxylic acids is 1. The number of carbonyl (C=O) groups is 2. The fourth-order valence-electron chi connectivity index (χ4n) is 1.65. The number of amides is 1. The Bertz CT molecular complexity index is 279. The molecule has 1 atom stereocenters. The highest BCUT2D eigenvalue weighted by Gasteiger charge is 2.21. The second-order valence-corrected chi connectivity index (χ2v) is 5.21. The third-order valence-electron chi connectivity index (χ3n) is 2.64. The van der Waals surface area contributed by atoms with E-state index in [4.69, 9.17) is 10.2 Å². The van der Waals surface area contributed by atoms with Gasteiger partial charge in [0.1, 0.15) is 6.04 Å². The van der Waals surface area contributed by atoms with Gasteiger partial charge in [0.15, 0.2) is 0 Å². The maximum Gasteiger partial charge on any atom is 0.327 e. The number of aliphatic carboxylic acids is 1. The van der Waals surface area contributed by atoms with Crippen LogP contribution in [0.5, 0.6) is 0 Å². The van der Waals surface area contributed by atoms with E-state index in [1.165, 1.54) is 6.92 Å². The summed E-state index contributed by atoms with van der Waals surface area (Å²) in [6.45, 7) is 6.37. The average molecular weight is 260 g/mol. The number of nitrogens with one attached hydrogen (secondary N) is 2. The number of carboxylic acid groups (broad SMARTS) is 1. The molecule has 0 fully saturated rings. The van der Waals surface area contributed by atoms with E-state index < -0.39 is 12.0 Å². The maximum absolute atomic E-state index is 10.9. The maximum atomic E-state index is 10.9. The van der Waals surface area contributed by atoms with Crippen LogP contribution < -0.4 is 10.6 Å². The molecule has 0 saturated carbocycles. The van der Waals surface area contributed by atoms with Crippen molar-refractivity contribution in [2.24, 2.45) is 5.41 Å². The molecule has 6 heteroatoms. The van der Waals surface area contributed by atoms with Crippen molar-refractivity contribution in [1.29, 1.82) is 0 Å². The van der Waals surface area contributed by atoms with Crippen LogP contribution in [-0.4, -0.2) is 47.8 Å². The lowest BCUT2D eigenvalue weighted by molar-refractivity contribution is -0.141. The molecular weight excluding hydrogens is 236 g/mol. The van der Waals surface area contributed by atoms with Gasteiger partial charge in [-0.1, -0.05) is 13.8 Å². The zero-order valence-electron chi connectivity index (χ0n) is 11.3. The summed E-state index contributed by atoms with van der Waals surface area (Å²) < 4.78 is 0. The molecule has 0 aromatic carbocycles. The minimum Gasteiger partial charge on any atom is -0.480 e. The van der Waals surface area contributed by atoms with Gasteiger partial charge in [0, 0.05) is 26.6 Å². The summed E-state index contributed by atoms with van der Waals surface area (Å²) in [4.78, 5) is 21.7. The molecule has 0 rings (SSSR count). The fourth-order valence-corrected chi connectivity index (χ4v) is 1.65. The van der Waals surface area contributed by atoms with Crippen molar-refractivity contribution >= 4 is 11.9 Å². The van der Waals surface area contributed by atoms with Gasteiger partial charge in [-0.2, -0.15) is 0 Å². The quantitative estimate of drug-likeness (QED) is 0.466. The van der Waals surface area contributed by atoms with Crippen LogP contribution in [0.4, 0.5) is 0 Å². The standard InChI is InChI=1S/C12H24N2O4/c1-9(16)14-10(11(17)18)7-13-8-12(2,3)5-4-6-15/h10,13,15H,4-8H2,1-3H3,(H,14,16)(H,17,18). The molecule has 4 N–H and O–H groups in total. The van der Waals surface area contributed by atoms with Gasteiger partial charge in [0.2, 0.25) is 5.91 Å². The highest BCUT2D eigenvalue weighted by molar-refractivity contribution is 5.82. The summed E-state index contributed by atoms with van der Waals surface area (Å²) in [6, 6.07) is -0.906. The van der Waals surface area contributed by atoms with Crippen LogP contribution in [0, 0.1) is 5.41 Å². The van der Waals surface area contributed by atoms with Crippen LogP contribution in [0.3, 0.4) is 0 Å². The van der Waals surface area contributed by atoms with Crippen molar-refractivity contribution < 1.29 is 19.8 Å². The first-order valence-electron chi connectivity index (χ1n) is 6.10. The van der Waals surface area contributed by atoms with Crippen LogP contribution in [0.25, 0.3) is 0 Å². The molecule has 6 nitrogen and oxygen atoms in total. The van der Waals surface area contributed by atoms with Crippen molar-refractivity contribution in [2.75, 3.05) is 19.7 Å². The molecule has 0 aliphatic carbocycles. The van der Waals surface area contributed by atoms with Gasteiger partial charge in [0.25, 0.3) is 0 Å². The summed E-state index contributed by atoms with van der Waals surface area (Å²) >= 11 is 0. The van der Waals surface area contributed by atoms with Gasteiger partial charge in [-0.05, 0) is 18.3 Å². The van der Waals surface area contributed by atoms with Gasteiger partial charge in [-0.15, -0.1) is 0 Å². The number of aliphatic hydroxyl groups excluding tert-OH is 1. The molecule has 0 aromatic heterocycles. The van der Waals surface area contributed by atoms with Gasteiger partial charge in [0.05, 0.1) is 0 Å². The molecule has 0 aromatic rings. The molecule has 0 spiro atoms. The van der Waals surface area contributed by atoms with Crippen LogP contribution in [0.1, 0.15) is 33.6 Å². The molecule has 0 radical (unpaired) electrons. The lowest BCUT2D eigenvalue weighted by Crippen LogP contribution is -2.47. The summed E-state index contributed by atoms with van der Waals surface area (Å²) in [5, 5.41) is 23.1. The first-order chi connectivity index (χ1) is 8.28. The van der Waals surface area contributed by atoms with E-state index in [0.29, 0.717) is 6.54 Å². The van der Waals surface area contributed by atoms with Crippen LogP contribution in [0.15, 0.2) is 0 Å². The van der Waals surface area contributed by atoms with Crippen molar-refractivity contribution in [1.82, 2.24) is 10.6 Å². The average Bonchev–Trinajstić information content (AvgIpc) is 2.24. The topological polar surface area (TPSA) is 98.7 Å². The molecule has 0 aliphatic heterocycles. The van der Waals surface area contributed by atoms with Crippen molar-refractivity contribution in [3.05, 3.63) is 0 Å². The van der Waals surface area contributed by atoms with Crippen LogP contribution >= 0.6 is 0 Å². The molecule has 106 valence electrons. The second-order valence-electron chi connectivity index (χ2n) is 5.21. The molecule has 1 unspecified atom stereocenters. The number of carbonyl (C=O) groups excluding carboxylic acids is 1. The number of aliphatic hydroxyl groups is 1. The Morgan fingerprint density at radius 2 is 1.94 bits per heavy atom. The predicted octanol–water partition coefficient (Wildman–Crippen LogP) is -0.0360. The molecule has 0 bridgehead atoms. The van der Waals surface area contributed by atoms with E-state index in [0.717, 1.165) is 12.8 Å². The number of hydrogen-bond donors (Lipinski definition) is 4. The van der Waals surface area contributed by atoms with Gasteiger partial charge in [-0.25, -0.2) is 4.79 Å². The van der Waals surface area contributed by atoms with Crippen molar-refractivity contribution in [2.45, 2.75) is 39.7 Å². The summed E-state index contributed by atoms with van der Waals surface area (Å²) in [7, 11) is 0. The van der Waals surface area contributed by atoms with Gasteiger partial charge >= 0.3 is 5.97 Å². The Morgan fingerprint density at radius 1 is 1.33 bits per heavy atom. The first kappa shape index (κ1) is 16.9. The van der Waals surface area contributed by atoms with E-state index in [-0.39, 0.29) is 24.5 Å². The first-order valence-corrected chi connectivity index (χ1v) is 6.10. The number of hydrogen-bond acceptors (Lipinski definition) is 4. The lowest BCUT2D eigenvalue weighted by Gasteiger charge is -2.25. The largest absolute Gasteiger partial charge is 0.480 e. The Hall–Kier alpha value is -1.14. The molecule has 1 amide bonds. The van der Waals surface area contributed by atoms with E-state index >= 15 is 0 Å². The van der Waals surface area contributed by atoms with E-state index in [9.17, 15) is 9.59 Å². The third-order valence-corrected chi connectivity index (χ3v) is 2.64. The summed E-state index contributed by atoms with van der Waals surface area (Å²) in [6.07, 6.45) is 1.58. The van der Waals surface area contributed by atoms with Crippen LogP contribution in [-0.2, 0) is 9.59 Å². The van der Waals surface area contributed by atoms with Crippen molar-refractivity contribution in [3.63, 3.8) is 0 Å². The molecule has 0 saturated heterocycles. The van der Waals surface area contributed by atoms with Crippen molar-refractivity contribution in [3.8, 4) is 0 Å². The Labute approximate surface area is 108 Å². The highest BCUT2D eigenvalue weighted by atomic mass is 16.4. The molecular formula is C12H24N2O4. The second kappa shape index (κ2) is 8.05. The zero-order valence-corrected chi connectivity index (χ0v) is 11.3. The SMILES string of the molecule is CC(=O)NC(CNCC(C)(C)CCCO)C(=O)O. The molecule has 18 heavy (non-hydrogen) atoms. The molecule has 0 heterocycles. The summed E-state index contributed by atoms with van der Waals surface area (Å²) in [5.74, 6) is -1.41. The van der Waals surface area contributed by atoms with Gasteiger partial charge in [-0.3, -0.25) is 4.79 Å². The smallest absolute Gasteiger partial charge is 0.327 e. The normalized spacial score (nSPS) is 13.1. The van der Waals surface area contributed by atoms with E-state index in [1.54, 1.807) is 0 Å². The number of rotatable bonds is 9. The Kier molecular flexibility index (Phi) is 7.54. The summed E-state index contributed by atoms with van der Waals surface area (Å²) in [5.41, 5.74) is -0.0119. The highest BCUT2D eigenvalue weighted by Crippen LogP contribution is 2.20. The van der Waals surface area contributed by atoms with E-state index in [1.807, 2.05) is 13.8 Å². The monoisotopic (exact) mass is 260 g/mol. The van der Waals surface area contributed by atoms with Gasteiger partial charge < -0.3 is 20.8 Å². The lowest BCUT2D eigenvalue weighted by atomic mass is 9.88. The minimum absolute atomic E-state index is 0.0119. The van der Waals surface area contributed by atoms with Crippen LogP contribution in [0.2, 0.25) is 0 Å².